The van der Waals surface area contributed by atoms with Crippen molar-refractivity contribution in [2.75, 3.05) is 7.11 Å². The Labute approximate surface area is 109 Å². The van der Waals surface area contributed by atoms with Gasteiger partial charge in [-0.2, -0.15) is 0 Å². The van der Waals surface area contributed by atoms with E-state index in [9.17, 15) is 0 Å². The van der Waals surface area contributed by atoms with Crippen LogP contribution in [0.3, 0.4) is 0 Å². The number of aryl methyl sites for hydroxylation is 1. The highest BCUT2D eigenvalue weighted by Crippen LogP contribution is 2.41. The van der Waals surface area contributed by atoms with E-state index in [1.54, 1.807) is 29.8 Å². The molecule has 0 unspecified atom stereocenters. The summed E-state index contributed by atoms with van der Waals surface area (Å²) in [4.78, 5) is 11.2. The summed E-state index contributed by atoms with van der Waals surface area (Å²) in [5, 5.41) is 2.69. The number of methoxy groups -OCH3 is 1. The second-order valence-corrected chi connectivity index (χ2v) is 5.41. The van der Waals surface area contributed by atoms with Crippen LogP contribution >= 0.6 is 11.3 Å². The highest BCUT2D eigenvalue weighted by Gasteiger charge is 2.19. The molecule has 0 saturated carbocycles. The van der Waals surface area contributed by atoms with E-state index in [1.165, 1.54) is 0 Å². The van der Waals surface area contributed by atoms with Gasteiger partial charge >= 0.3 is 0 Å². The fourth-order valence-corrected chi connectivity index (χ4v) is 3.41. The molecule has 3 heterocycles. The molecule has 6 heteroatoms. The Kier molecular flexibility index (Phi) is 2.77. The Hall–Kier alpha value is -1.50. The molecule has 1 aliphatic rings. The average molecular weight is 262 g/mol. The van der Waals surface area contributed by atoms with E-state index in [4.69, 9.17) is 10.6 Å². The number of rotatable bonds is 2. The molecule has 0 aromatic carbocycles. The summed E-state index contributed by atoms with van der Waals surface area (Å²) in [6, 6.07) is 2.06. The molecule has 94 valence electrons. The second kappa shape index (κ2) is 4.31. The van der Waals surface area contributed by atoms with E-state index >= 15 is 0 Å². The Balaban J connectivity index is 2.27. The zero-order valence-corrected chi connectivity index (χ0v) is 11.1. The summed E-state index contributed by atoms with van der Waals surface area (Å²) in [6.07, 6.45) is 1.66. The van der Waals surface area contributed by atoms with Crippen molar-refractivity contribution in [1.82, 2.24) is 9.99 Å². The third-order valence-corrected chi connectivity index (χ3v) is 3.94. The number of hydrazine groups is 1. The van der Waals surface area contributed by atoms with Crippen LogP contribution in [-0.4, -0.2) is 23.4 Å². The Morgan fingerprint density at radius 1 is 1.56 bits per heavy atom. The van der Waals surface area contributed by atoms with Crippen LogP contribution in [-0.2, 0) is 17.9 Å². The van der Waals surface area contributed by atoms with Crippen molar-refractivity contribution in [2.45, 2.75) is 20.1 Å². The van der Waals surface area contributed by atoms with Crippen molar-refractivity contribution >= 4 is 33.6 Å². The number of hydrogen-bond acceptors (Lipinski definition) is 6. The lowest BCUT2D eigenvalue weighted by Crippen LogP contribution is -2.29. The topological polar surface area (TPSA) is 63.7 Å². The molecule has 0 spiro atoms. The fraction of sp³-hybridized carbons (Fsp3) is 0.333. The van der Waals surface area contributed by atoms with E-state index in [0.717, 1.165) is 32.0 Å². The zero-order chi connectivity index (χ0) is 12.7. The van der Waals surface area contributed by atoms with Crippen LogP contribution in [0.25, 0.3) is 10.2 Å². The van der Waals surface area contributed by atoms with Gasteiger partial charge in [0.1, 0.15) is 11.2 Å². The lowest BCUT2D eigenvalue weighted by Gasteiger charge is -2.16. The van der Waals surface area contributed by atoms with Gasteiger partial charge in [-0.05, 0) is 18.6 Å². The van der Waals surface area contributed by atoms with E-state index in [-0.39, 0.29) is 0 Å². The minimum absolute atomic E-state index is 0.574. The number of pyridine rings is 1. The maximum atomic E-state index is 5.74. The first-order valence-electron chi connectivity index (χ1n) is 5.65. The summed E-state index contributed by atoms with van der Waals surface area (Å²) in [5.41, 5.74) is 3.14. The zero-order valence-electron chi connectivity index (χ0n) is 10.3. The second-order valence-electron chi connectivity index (χ2n) is 4.33. The van der Waals surface area contributed by atoms with Gasteiger partial charge in [0, 0.05) is 18.2 Å². The van der Waals surface area contributed by atoms with Gasteiger partial charge in [-0.25, -0.2) is 15.8 Å². The lowest BCUT2D eigenvalue weighted by atomic mass is 10.1. The molecule has 3 rings (SSSR count). The third-order valence-electron chi connectivity index (χ3n) is 2.88. The Morgan fingerprint density at radius 3 is 3.17 bits per heavy atom. The molecule has 5 nitrogen and oxygen atoms in total. The van der Waals surface area contributed by atoms with Gasteiger partial charge in [0.15, 0.2) is 0 Å². The smallest absolute Gasteiger partial charge is 0.126 e. The van der Waals surface area contributed by atoms with Crippen LogP contribution in [0.5, 0.6) is 0 Å². The van der Waals surface area contributed by atoms with Crippen LogP contribution in [0.4, 0.5) is 5.69 Å². The predicted octanol–water partition coefficient (Wildman–Crippen LogP) is 2.10. The molecule has 0 atom stereocenters. The molecule has 0 fully saturated rings. The molecule has 2 N–H and O–H groups in total. The molecule has 18 heavy (non-hydrogen) atoms. The number of nitrogens with two attached hydrogens (primary N) is 1. The molecule has 0 amide bonds. The van der Waals surface area contributed by atoms with Gasteiger partial charge in [-0.15, -0.1) is 11.3 Å². The number of nitrogens with zero attached hydrogens (tertiary/aromatic N) is 3. The minimum Gasteiger partial charge on any atom is -0.380 e. The number of thiophene rings is 1. The minimum atomic E-state index is 0.574. The van der Waals surface area contributed by atoms with Gasteiger partial charge in [-0.1, -0.05) is 0 Å². The van der Waals surface area contributed by atoms with Crippen molar-refractivity contribution < 1.29 is 4.74 Å². The molecule has 0 aliphatic carbocycles. The van der Waals surface area contributed by atoms with E-state index in [1.807, 2.05) is 6.92 Å². The van der Waals surface area contributed by atoms with Crippen molar-refractivity contribution in [3.05, 3.63) is 22.2 Å². The Morgan fingerprint density at radius 2 is 2.39 bits per heavy atom. The summed E-state index contributed by atoms with van der Waals surface area (Å²) >= 11 is 1.66. The summed E-state index contributed by atoms with van der Waals surface area (Å²) < 4.78 is 5.26. The van der Waals surface area contributed by atoms with Crippen LogP contribution < -0.4 is 5.84 Å². The molecule has 0 bridgehead atoms. The number of fused-ring (bicyclic) bond motifs is 3. The van der Waals surface area contributed by atoms with Gasteiger partial charge in [0.25, 0.3) is 0 Å². The maximum absolute atomic E-state index is 5.74. The highest BCUT2D eigenvalue weighted by atomic mass is 32.1. The van der Waals surface area contributed by atoms with Crippen molar-refractivity contribution in [1.29, 1.82) is 0 Å². The largest absolute Gasteiger partial charge is 0.380 e. The van der Waals surface area contributed by atoms with Crippen LogP contribution in [0.1, 0.15) is 16.1 Å². The summed E-state index contributed by atoms with van der Waals surface area (Å²) in [5.74, 6) is 5.74. The van der Waals surface area contributed by atoms with Gasteiger partial charge in [-0.3, -0.25) is 5.01 Å². The average Bonchev–Trinajstić information content (AvgIpc) is 2.65. The molecule has 2 aromatic rings. The van der Waals surface area contributed by atoms with Gasteiger partial charge < -0.3 is 4.74 Å². The van der Waals surface area contributed by atoms with Crippen LogP contribution in [0.15, 0.2) is 11.1 Å². The monoisotopic (exact) mass is 262 g/mol. The number of aromatic nitrogens is 1. The van der Waals surface area contributed by atoms with E-state index in [0.29, 0.717) is 13.2 Å². The molecular formula is C12H14N4OS. The third kappa shape index (κ3) is 1.78. The van der Waals surface area contributed by atoms with Gasteiger partial charge in [0.05, 0.1) is 23.7 Å². The summed E-state index contributed by atoms with van der Waals surface area (Å²) in [7, 11) is 1.70. The first-order chi connectivity index (χ1) is 8.69. The first kappa shape index (κ1) is 11.6. The van der Waals surface area contributed by atoms with Crippen molar-refractivity contribution in [3.8, 4) is 0 Å². The lowest BCUT2D eigenvalue weighted by molar-refractivity contribution is 0.186. The van der Waals surface area contributed by atoms with Crippen molar-refractivity contribution in [2.24, 2.45) is 10.8 Å². The SMILES string of the molecule is COCc1cc(C)nc2sc3c(c12)N=CN(N)C3. The molecule has 0 saturated heterocycles. The van der Waals surface area contributed by atoms with Crippen LogP contribution in [0, 0.1) is 6.92 Å². The number of ether oxygens (including phenoxy) is 1. The standard InChI is InChI=1S/C12H14N4OS/c1-7-3-8(5-17-2)10-11-9(18-12(10)15-7)4-16(13)6-14-11/h3,6H,4-5,13H2,1-2H3. The number of hydrogen-bond donors (Lipinski definition) is 1. The number of aliphatic imine (C=N–C) groups is 1. The van der Waals surface area contributed by atoms with E-state index in [2.05, 4.69) is 16.0 Å². The van der Waals surface area contributed by atoms with E-state index < -0.39 is 0 Å². The first-order valence-corrected chi connectivity index (χ1v) is 6.47. The van der Waals surface area contributed by atoms with Crippen molar-refractivity contribution in [3.63, 3.8) is 0 Å². The van der Waals surface area contributed by atoms with Crippen LogP contribution in [0.2, 0.25) is 0 Å². The summed E-state index contributed by atoms with van der Waals surface area (Å²) in [6.45, 7) is 3.26. The fourth-order valence-electron chi connectivity index (χ4n) is 2.19. The maximum Gasteiger partial charge on any atom is 0.126 e. The normalized spacial score (nSPS) is 14.3. The molecular weight excluding hydrogens is 248 g/mol. The van der Waals surface area contributed by atoms with Gasteiger partial charge in [0.2, 0.25) is 0 Å². The molecule has 2 aromatic heterocycles. The highest BCUT2D eigenvalue weighted by molar-refractivity contribution is 7.19. The molecule has 0 radical (unpaired) electrons. The Bertz CT molecular complexity index is 635. The molecule has 1 aliphatic heterocycles. The quantitative estimate of drug-likeness (QED) is 0.842. The predicted molar refractivity (Wildman–Crippen MR) is 73.0 cm³/mol.